The van der Waals surface area contributed by atoms with Crippen molar-refractivity contribution in [3.05, 3.63) is 47.5 Å². The lowest BCUT2D eigenvalue weighted by Crippen LogP contribution is -2.29. The van der Waals surface area contributed by atoms with Crippen molar-refractivity contribution in [3.63, 3.8) is 0 Å². The van der Waals surface area contributed by atoms with Crippen LogP contribution < -0.4 is 10.6 Å². The van der Waals surface area contributed by atoms with Crippen molar-refractivity contribution in [1.82, 2.24) is 9.78 Å². The summed E-state index contributed by atoms with van der Waals surface area (Å²) in [5.74, 6) is -1.51. The smallest absolute Gasteiger partial charge is 0.223 e. The minimum atomic E-state index is -0.564. The highest BCUT2D eigenvalue weighted by Gasteiger charge is 2.39. The molecule has 1 aromatic heterocycles. The number of hydrogen-bond donors (Lipinski definition) is 1. The third-order valence-electron chi connectivity index (χ3n) is 4.28. The molecule has 0 saturated carbocycles. The van der Waals surface area contributed by atoms with E-state index in [-0.39, 0.29) is 11.5 Å². The average molecular weight is 313 g/mol. The van der Waals surface area contributed by atoms with Crippen molar-refractivity contribution in [1.29, 1.82) is 5.26 Å². The van der Waals surface area contributed by atoms with Crippen LogP contribution in [0.2, 0.25) is 0 Å². The molecule has 0 radical (unpaired) electrons. The van der Waals surface area contributed by atoms with Crippen molar-refractivity contribution in [2.24, 2.45) is 18.7 Å². The number of amides is 1. The molecule has 118 valence electrons. The molecule has 2 aromatic rings. The van der Waals surface area contributed by atoms with E-state index in [2.05, 4.69) is 5.10 Å². The van der Waals surface area contributed by atoms with Gasteiger partial charge in [-0.05, 0) is 17.7 Å². The minimum Gasteiger partial charge on any atom is -0.369 e. The zero-order valence-electron chi connectivity index (χ0n) is 12.6. The molecule has 0 unspecified atom stereocenters. The van der Waals surface area contributed by atoms with E-state index < -0.39 is 17.6 Å². The fraction of sp³-hybridized carbons (Fsp3) is 0.312. The van der Waals surface area contributed by atoms with Gasteiger partial charge < -0.3 is 10.6 Å². The molecule has 1 saturated heterocycles. The third-order valence-corrected chi connectivity index (χ3v) is 4.28. The number of nitrogens with zero attached hydrogens (tertiary/aromatic N) is 4. The first-order valence-corrected chi connectivity index (χ1v) is 7.22. The van der Waals surface area contributed by atoms with Crippen molar-refractivity contribution in [2.45, 2.75) is 5.92 Å². The summed E-state index contributed by atoms with van der Waals surface area (Å²) in [6, 6.07) is 6.39. The van der Waals surface area contributed by atoms with E-state index in [0.29, 0.717) is 18.8 Å². The predicted molar refractivity (Wildman–Crippen MR) is 82.0 cm³/mol. The van der Waals surface area contributed by atoms with Gasteiger partial charge in [-0.15, -0.1) is 0 Å². The van der Waals surface area contributed by atoms with Crippen LogP contribution in [0.15, 0.2) is 30.6 Å². The van der Waals surface area contributed by atoms with Gasteiger partial charge in [0, 0.05) is 32.3 Å². The summed E-state index contributed by atoms with van der Waals surface area (Å²) in [4.78, 5) is 13.7. The van der Waals surface area contributed by atoms with Crippen molar-refractivity contribution in [2.75, 3.05) is 18.0 Å². The molecule has 23 heavy (non-hydrogen) atoms. The number of benzene rings is 1. The highest BCUT2D eigenvalue weighted by Crippen LogP contribution is 2.36. The number of anilines is 1. The first-order valence-electron chi connectivity index (χ1n) is 7.22. The van der Waals surface area contributed by atoms with Crippen molar-refractivity contribution in [3.8, 4) is 6.07 Å². The third kappa shape index (κ3) is 2.63. The van der Waals surface area contributed by atoms with Crippen LogP contribution in [0.4, 0.5) is 10.1 Å². The van der Waals surface area contributed by atoms with E-state index in [0.717, 1.165) is 5.56 Å². The van der Waals surface area contributed by atoms with E-state index in [1.165, 1.54) is 6.07 Å². The van der Waals surface area contributed by atoms with Gasteiger partial charge in [0.2, 0.25) is 5.91 Å². The molecule has 2 N–H and O–H groups in total. The fourth-order valence-electron chi connectivity index (χ4n) is 3.15. The molecule has 0 aliphatic carbocycles. The Labute approximate surface area is 132 Å². The molecule has 1 amide bonds. The molecule has 3 rings (SSSR count). The Morgan fingerprint density at radius 3 is 2.87 bits per heavy atom. The Bertz CT molecular complexity index is 794. The normalized spacial score (nSPS) is 20.5. The molecule has 1 aliphatic heterocycles. The van der Waals surface area contributed by atoms with E-state index in [4.69, 9.17) is 5.73 Å². The second kappa shape index (κ2) is 5.72. The Hall–Kier alpha value is -2.88. The average Bonchev–Trinajstić information content (AvgIpc) is 3.13. The van der Waals surface area contributed by atoms with E-state index >= 15 is 0 Å². The molecule has 2 heterocycles. The van der Waals surface area contributed by atoms with Crippen LogP contribution in [0.5, 0.6) is 0 Å². The largest absolute Gasteiger partial charge is 0.369 e. The lowest BCUT2D eigenvalue weighted by atomic mass is 9.90. The Balaban J connectivity index is 1.97. The Morgan fingerprint density at radius 2 is 2.26 bits per heavy atom. The summed E-state index contributed by atoms with van der Waals surface area (Å²) in [6.07, 6.45) is 3.56. The minimum absolute atomic E-state index is 0.0115. The molecule has 7 heteroatoms. The summed E-state index contributed by atoms with van der Waals surface area (Å²) < 4.78 is 15.5. The summed E-state index contributed by atoms with van der Waals surface area (Å²) in [5, 5.41) is 13.3. The van der Waals surface area contributed by atoms with Crippen LogP contribution in [-0.2, 0) is 11.8 Å². The molecule has 6 nitrogen and oxygen atoms in total. The van der Waals surface area contributed by atoms with Crippen molar-refractivity contribution < 1.29 is 9.18 Å². The number of hydrogen-bond acceptors (Lipinski definition) is 4. The Morgan fingerprint density at radius 1 is 1.48 bits per heavy atom. The number of rotatable bonds is 3. The van der Waals surface area contributed by atoms with Crippen LogP contribution in [0.3, 0.4) is 0 Å². The summed E-state index contributed by atoms with van der Waals surface area (Å²) >= 11 is 0. The number of primary amides is 1. The molecule has 0 spiro atoms. The number of nitrogens with two attached hydrogens (primary N) is 1. The van der Waals surface area contributed by atoms with Gasteiger partial charge in [0.05, 0.1) is 17.8 Å². The van der Waals surface area contributed by atoms with Crippen LogP contribution in [0.25, 0.3) is 0 Å². The second-order valence-electron chi connectivity index (χ2n) is 5.71. The van der Waals surface area contributed by atoms with Crippen molar-refractivity contribution >= 4 is 11.6 Å². The van der Waals surface area contributed by atoms with Crippen LogP contribution in [0, 0.1) is 23.1 Å². The number of aryl methyl sites for hydroxylation is 1. The lowest BCUT2D eigenvalue weighted by molar-refractivity contribution is -0.121. The van der Waals surface area contributed by atoms with Gasteiger partial charge in [-0.2, -0.15) is 10.4 Å². The topological polar surface area (TPSA) is 87.9 Å². The number of halogens is 1. The highest BCUT2D eigenvalue weighted by molar-refractivity contribution is 5.80. The van der Waals surface area contributed by atoms with Crippen LogP contribution in [0.1, 0.15) is 17.0 Å². The monoisotopic (exact) mass is 313 g/mol. The number of aromatic nitrogens is 2. The van der Waals surface area contributed by atoms with Gasteiger partial charge in [0.1, 0.15) is 17.4 Å². The second-order valence-corrected chi connectivity index (χ2v) is 5.71. The molecular formula is C16H16FN5O. The first kappa shape index (κ1) is 15.0. The SMILES string of the molecule is Cn1cc([C@H]2CN(c3cccc(F)c3C#N)C[C@@H]2C(N)=O)cn1. The van der Waals surface area contributed by atoms with Gasteiger partial charge in [-0.25, -0.2) is 4.39 Å². The van der Waals surface area contributed by atoms with Gasteiger partial charge in [0.25, 0.3) is 0 Å². The molecule has 1 aliphatic rings. The fourth-order valence-corrected chi connectivity index (χ4v) is 3.15. The summed E-state index contributed by atoms with van der Waals surface area (Å²) in [7, 11) is 1.80. The standard InChI is InChI=1S/C16H16FN5O/c1-21-7-10(6-20-21)12-8-22(9-13(12)16(19)23)15-4-2-3-14(17)11(15)5-18/h2-4,6-7,12-13H,8-9H2,1H3,(H2,19,23)/t12-,13+/m1/s1. The zero-order chi connectivity index (χ0) is 16.6. The van der Waals surface area contributed by atoms with Gasteiger partial charge in [0.15, 0.2) is 0 Å². The summed E-state index contributed by atoms with van der Waals surface area (Å²) in [6.45, 7) is 0.838. The first-order chi connectivity index (χ1) is 11.0. The quantitative estimate of drug-likeness (QED) is 0.920. The maximum Gasteiger partial charge on any atom is 0.223 e. The van der Waals surface area contributed by atoms with Gasteiger partial charge in [-0.3, -0.25) is 9.48 Å². The molecule has 2 atom stereocenters. The number of nitriles is 1. The molecule has 0 bridgehead atoms. The van der Waals surface area contributed by atoms with Gasteiger partial charge >= 0.3 is 0 Å². The van der Waals surface area contributed by atoms with Gasteiger partial charge in [-0.1, -0.05) is 6.07 Å². The van der Waals surface area contributed by atoms with E-state index in [1.807, 2.05) is 17.2 Å². The summed E-state index contributed by atoms with van der Waals surface area (Å²) in [5.41, 5.74) is 6.93. The lowest BCUT2D eigenvalue weighted by Gasteiger charge is -2.19. The number of carbonyl (C=O) groups is 1. The molecule has 1 fully saturated rings. The zero-order valence-corrected chi connectivity index (χ0v) is 12.6. The molecule has 1 aromatic carbocycles. The van der Waals surface area contributed by atoms with E-state index in [1.54, 1.807) is 30.1 Å². The van der Waals surface area contributed by atoms with Crippen LogP contribution in [-0.4, -0.2) is 28.8 Å². The highest BCUT2D eigenvalue weighted by atomic mass is 19.1. The number of carbonyl (C=O) groups excluding carboxylic acids is 1. The van der Waals surface area contributed by atoms with Crippen LogP contribution >= 0.6 is 0 Å². The molecular weight excluding hydrogens is 297 g/mol. The Kier molecular flexibility index (Phi) is 3.74. The van der Waals surface area contributed by atoms with E-state index in [9.17, 15) is 14.4 Å². The maximum absolute atomic E-state index is 13.8. The maximum atomic E-state index is 13.8. The predicted octanol–water partition coefficient (Wildman–Crippen LogP) is 1.14.